The van der Waals surface area contributed by atoms with Crippen LogP contribution in [0.3, 0.4) is 0 Å². The molecule has 5 rings (SSSR count). The van der Waals surface area contributed by atoms with Crippen molar-refractivity contribution < 1.29 is 4.79 Å². The summed E-state index contributed by atoms with van der Waals surface area (Å²) in [5.74, 6) is -0.373. The van der Waals surface area contributed by atoms with Crippen molar-refractivity contribution in [3.8, 4) is 0 Å². The lowest BCUT2D eigenvalue weighted by molar-refractivity contribution is 0.0594. The highest BCUT2D eigenvalue weighted by Gasteiger charge is 2.29. The molecule has 8 heteroatoms. The summed E-state index contributed by atoms with van der Waals surface area (Å²) in [6.07, 6.45) is 2.83. The van der Waals surface area contributed by atoms with Gasteiger partial charge in [-0.25, -0.2) is 4.79 Å². The van der Waals surface area contributed by atoms with Crippen molar-refractivity contribution in [2.24, 2.45) is 0 Å². The Morgan fingerprint density at radius 2 is 1.44 bits per heavy atom. The highest BCUT2D eigenvalue weighted by molar-refractivity contribution is 5.93. The van der Waals surface area contributed by atoms with Crippen LogP contribution < -0.4 is 11.2 Å². The first-order valence-electron chi connectivity index (χ1n) is 12.0. The Bertz CT molecular complexity index is 1390. The van der Waals surface area contributed by atoms with Crippen molar-refractivity contribution in [1.29, 1.82) is 0 Å². The van der Waals surface area contributed by atoms with Crippen LogP contribution in [0.4, 0.5) is 0 Å². The number of nitrogens with zero attached hydrogens (tertiary/aromatic N) is 4. The number of carbonyl (C=O) groups is 1. The molecule has 3 heterocycles. The van der Waals surface area contributed by atoms with E-state index in [1.54, 1.807) is 29.3 Å². The molecule has 1 saturated heterocycles. The maximum atomic E-state index is 13.3. The van der Waals surface area contributed by atoms with Gasteiger partial charge in [0, 0.05) is 38.6 Å². The van der Waals surface area contributed by atoms with Crippen LogP contribution in [0.1, 0.15) is 33.2 Å². The lowest BCUT2D eigenvalue weighted by Gasteiger charge is -2.39. The van der Waals surface area contributed by atoms with E-state index in [4.69, 9.17) is 0 Å². The molecule has 1 fully saturated rings. The molecule has 4 aromatic rings. The van der Waals surface area contributed by atoms with Crippen LogP contribution in [-0.4, -0.2) is 56.4 Å². The number of H-pyrrole nitrogens is 1. The molecule has 0 unspecified atom stereocenters. The topological polar surface area (TPSA) is 91.3 Å². The van der Waals surface area contributed by atoms with Gasteiger partial charge in [-0.2, -0.15) is 0 Å². The van der Waals surface area contributed by atoms with E-state index in [1.807, 2.05) is 36.4 Å². The molecule has 182 valence electrons. The summed E-state index contributed by atoms with van der Waals surface area (Å²) in [4.78, 5) is 49.5. The van der Waals surface area contributed by atoms with Crippen LogP contribution in [0, 0.1) is 0 Å². The quantitative estimate of drug-likeness (QED) is 0.457. The highest BCUT2D eigenvalue weighted by atomic mass is 16.2. The Labute approximate surface area is 208 Å². The Morgan fingerprint density at radius 1 is 0.833 bits per heavy atom. The average Bonchev–Trinajstić information content (AvgIpc) is 2.93. The van der Waals surface area contributed by atoms with Gasteiger partial charge in [0.1, 0.15) is 5.56 Å². The first-order chi connectivity index (χ1) is 17.6. The van der Waals surface area contributed by atoms with Gasteiger partial charge in [-0.3, -0.25) is 24.0 Å². The van der Waals surface area contributed by atoms with Crippen molar-refractivity contribution in [3.05, 3.63) is 134 Å². The lowest BCUT2D eigenvalue weighted by atomic mass is 9.96. The molecule has 0 bridgehead atoms. The van der Waals surface area contributed by atoms with E-state index >= 15 is 0 Å². The van der Waals surface area contributed by atoms with Crippen molar-refractivity contribution >= 4 is 5.91 Å². The summed E-state index contributed by atoms with van der Waals surface area (Å²) in [6.45, 7) is 2.28. The number of hydrogen-bond donors (Lipinski definition) is 1. The number of piperazine rings is 1. The van der Waals surface area contributed by atoms with E-state index in [0.29, 0.717) is 31.9 Å². The van der Waals surface area contributed by atoms with Gasteiger partial charge in [0.15, 0.2) is 0 Å². The van der Waals surface area contributed by atoms with Gasteiger partial charge in [0.25, 0.3) is 11.5 Å². The molecule has 0 radical (unpaired) electrons. The maximum Gasteiger partial charge on any atom is 0.328 e. The molecule has 1 amide bonds. The van der Waals surface area contributed by atoms with Crippen LogP contribution >= 0.6 is 0 Å². The monoisotopic (exact) mass is 481 g/mol. The van der Waals surface area contributed by atoms with Crippen LogP contribution in [0.15, 0.2) is 101 Å². The number of benzene rings is 2. The minimum Gasteiger partial charge on any atom is -0.336 e. The third-order valence-corrected chi connectivity index (χ3v) is 6.53. The third-order valence-electron chi connectivity index (χ3n) is 6.53. The molecule has 2 aromatic heterocycles. The van der Waals surface area contributed by atoms with E-state index in [0.717, 1.165) is 4.57 Å². The number of aromatic nitrogens is 3. The van der Waals surface area contributed by atoms with Gasteiger partial charge >= 0.3 is 5.69 Å². The van der Waals surface area contributed by atoms with Crippen LogP contribution in [0.25, 0.3) is 0 Å². The Hall–Kier alpha value is -4.30. The van der Waals surface area contributed by atoms with E-state index in [2.05, 4.69) is 39.1 Å². The molecule has 8 nitrogen and oxygen atoms in total. The van der Waals surface area contributed by atoms with Crippen molar-refractivity contribution in [2.45, 2.75) is 12.6 Å². The molecular formula is C28H27N5O3. The summed E-state index contributed by atoms with van der Waals surface area (Å²) >= 11 is 0. The first-order valence-corrected chi connectivity index (χ1v) is 12.0. The van der Waals surface area contributed by atoms with E-state index in [1.165, 1.54) is 17.3 Å². The first kappa shape index (κ1) is 23.4. The van der Waals surface area contributed by atoms with Gasteiger partial charge in [0.05, 0.1) is 18.3 Å². The Balaban J connectivity index is 1.34. The summed E-state index contributed by atoms with van der Waals surface area (Å²) < 4.78 is 1.02. The number of hydrogen-bond acceptors (Lipinski definition) is 5. The molecule has 0 saturated carbocycles. The van der Waals surface area contributed by atoms with E-state index in [9.17, 15) is 14.4 Å². The smallest absolute Gasteiger partial charge is 0.328 e. The second-order valence-corrected chi connectivity index (χ2v) is 8.77. The lowest BCUT2D eigenvalue weighted by Crippen LogP contribution is -2.51. The summed E-state index contributed by atoms with van der Waals surface area (Å²) in [5.41, 5.74) is 1.74. The second kappa shape index (κ2) is 10.5. The largest absolute Gasteiger partial charge is 0.336 e. The molecule has 36 heavy (non-hydrogen) atoms. The normalized spacial score (nSPS) is 14.2. The molecule has 1 N–H and O–H groups in total. The van der Waals surface area contributed by atoms with Gasteiger partial charge in [-0.15, -0.1) is 0 Å². The predicted octanol–water partition coefficient (Wildman–Crippen LogP) is 2.53. The maximum absolute atomic E-state index is 13.3. The van der Waals surface area contributed by atoms with Crippen LogP contribution in [0.2, 0.25) is 0 Å². The van der Waals surface area contributed by atoms with E-state index in [-0.39, 0.29) is 24.1 Å². The zero-order valence-corrected chi connectivity index (χ0v) is 19.8. The van der Waals surface area contributed by atoms with Gasteiger partial charge in [0.2, 0.25) is 0 Å². The van der Waals surface area contributed by atoms with Crippen molar-refractivity contribution in [1.82, 2.24) is 24.3 Å². The fourth-order valence-corrected chi connectivity index (χ4v) is 4.70. The Kier molecular flexibility index (Phi) is 6.86. The third kappa shape index (κ3) is 4.89. The Morgan fingerprint density at radius 3 is 2.03 bits per heavy atom. The van der Waals surface area contributed by atoms with Crippen LogP contribution in [-0.2, 0) is 6.54 Å². The van der Waals surface area contributed by atoms with Crippen molar-refractivity contribution in [3.63, 3.8) is 0 Å². The van der Waals surface area contributed by atoms with Crippen molar-refractivity contribution in [2.75, 3.05) is 26.2 Å². The molecular weight excluding hydrogens is 454 g/mol. The molecule has 1 aliphatic rings. The minimum atomic E-state index is -0.608. The molecule has 2 aromatic carbocycles. The molecule has 1 aliphatic heterocycles. The van der Waals surface area contributed by atoms with Gasteiger partial charge in [-0.1, -0.05) is 66.7 Å². The fraction of sp³-hybridized carbons (Fsp3) is 0.214. The molecule has 0 spiro atoms. The zero-order chi connectivity index (χ0) is 24.9. The van der Waals surface area contributed by atoms with Gasteiger partial charge < -0.3 is 9.88 Å². The summed E-state index contributed by atoms with van der Waals surface area (Å²) in [5, 5.41) is 0. The zero-order valence-electron chi connectivity index (χ0n) is 19.8. The molecule has 0 aliphatic carbocycles. The number of pyridine rings is 1. The van der Waals surface area contributed by atoms with Crippen LogP contribution in [0.5, 0.6) is 0 Å². The number of aromatic amines is 1. The predicted molar refractivity (Wildman–Crippen MR) is 137 cm³/mol. The fourth-order valence-electron chi connectivity index (χ4n) is 4.70. The standard InChI is InChI=1S/C28H27N5O3/c34-26(24-19-30-28(36)33(27(24)35)20-23-13-7-8-14-29-23)32-17-15-31(16-18-32)25(21-9-3-1-4-10-21)22-11-5-2-6-12-22/h1-14,19,25H,15-18,20H2,(H,30,36). The average molecular weight is 482 g/mol. The SMILES string of the molecule is O=C(c1c[nH]c(=O)n(Cc2ccccn2)c1=O)N1CCN(C(c2ccccc2)c2ccccc2)CC1. The minimum absolute atomic E-state index is 0.000262. The number of carbonyl (C=O) groups excluding carboxylic acids is 1. The second-order valence-electron chi connectivity index (χ2n) is 8.77. The molecule has 0 atom stereocenters. The summed E-state index contributed by atoms with van der Waals surface area (Å²) in [6, 6.07) is 26.0. The number of rotatable bonds is 6. The van der Waals surface area contributed by atoms with E-state index < -0.39 is 11.2 Å². The van der Waals surface area contributed by atoms with Gasteiger partial charge in [-0.05, 0) is 23.3 Å². The highest BCUT2D eigenvalue weighted by Crippen LogP contribution is 2.29. The number of nitrogens with one attached hydrogen (secondary N) is 1. The number of amides is 1. The summed E-state index contributed by atoms with van der Waals surface area (Å²) in [7, 11) is 0.